The molecule has 2 aromatic rings. The Morgan fingerprint density at radius 2 is 1.39 bits per heavy atom. The van der Waals surface area contributed by atoms with Gasteiger partial charge in [0.1, 0.15) is 0 Å². The first-order valence-electron chi connectivity index (χ1n) is 7.53. The summed E-state index contributed by atoms with van der Waals surface area (Å²) < 4.78 is 7.93. The fraction of sp³-hybridized carbons (Fsp3) is 0.316. The van der Waals surface area contributed by atoms with Gasteiger partial charge in [0, 0.05) is 0 Å². The van der Waals surface area contributed by atoms with Gasteiger partial charge in [0.15, 0.2) is 0 Å². The van der Waals surface area contributed by atoms with Gasteiger partial charge < -0.3 is 0 Å². The standard InChI is InChI=1S/C19H23NO2Se/c1-19(2,3)22-18(21)14-6-10-16(11-7-14)23-17-12-8-15(9-13-17)20(4)5/h6-13H,1-5H3. The average molecular weight is 376 g/mol. The zero-order chi connectivity index (χ0) is 17.0. The van der Waals surface area contributed by atoms with Crippen LogP contribution in [0.5, 0.6) is 0 Å². The molecule has 122 valence electrons. The Hall–Kier alpha value is -1.77. The van der Waals surface area contributed by atoms with Crippen molar-refractivity contribution in [3.05, 3.63) is 54.1 Å². The number of anilines is 1. The van der Waals surface area contributed by atoms with E-state index < -0.39 is 5.60 Å². The van der Waals surface area contributed by atoms with Crippen LogP contribution in [0.3, 0.4) is 0 Å². The number of hydrogen-bond donors (Lipinski definition) is 0. The predicted octanol–water partition coefficient (Wildman–Crippen LogP) is 2.36. The second kappa shape index (κ2) is 7.20. The van der Waals surface area contributed by atoms with Crippen LogP contribution in [0, 0.1) is 0 Å². The third-order valence-electron chi connectivity index (χ3n) is 3.08. The molecular weight excluding hydrogens is 353 g/mol. The molecule has 0 aliphatic rings. The third kappa shape index (κ3) is 5.42. The average Bonchev–Trinajstić information content (AvgIpc) is 2.46. The van der Waals surface area contributed by atoms with Crippen LogP contribution >= 0.6 is 0 Å². The molecule has 3 nitrogen and oxygen atoms in total. The van der Waals surface area contributed by atoms with Crippen LogP contribution in [0.2, 0.25) is 0 Å². The normalized spacial score (nSPS) is 11.2. The molecule has 0 fully saturated rings. The van der Waals surface area contributed by atoms with E-state index in [2.05, 4.69) is 29.2 Å². The van der Waals surface area contributed by atoms with Crippen LogP contribution in [0.1, 0.15) is 31.1 Å². The van der Waals surface area contributed by atoms with Gasteiger partial charge in [0.05, 0.1) is 0 Å². The van der Waals surface area contributed by atoms with Gasteiger partial charge in [-0.15, -0.1) is 0 Å². The minimum absolute atomic E-state index is 0.233. The molecule has 0 aliphatic heterocycles. The number of ether oxygens (including phenoxy) is 1. The van der Waals surface area contributed by atoms with Crippen molar-refractivity contribution in [1.29, 1.82) is 0 Å². The fourth-order valence-electron chi connectivity index (χ4n) is 1.94. The van der Waals surface area contributed by atoms with E-state index in [9.17, 15) is 4.79 Å². The van der Waals surface area contributed by atoms with Crippen molar-refractivity contribution in [1.82, 2.24) is 0 Å². The summed E-state index contributed by atoms with van der Waals surface area (Å²) in [6.45, 7) is 5.62. The van der Waals surface area contributed by atoms with Crippen LogP contribution in [0.15, 0.2) is 48.5 Å². The molecule has 0 radical (unpaired) electrons. The second-order valence-electron chi connectivity index (χ2n) is 6.52. The van der Waals surface area contributed by atoms with E-state index in [4.69, 9.17) is 4.74 Å². The van der Waals surface area contributed by atoms with Crippen LogP contribution in [-0.4, -0.2) is 40.6 Å². The summed E-state index contributed by atoms with van der Waals surface area (Å²) in [4.78, 5) is 14.1. The van der Waals surface area contributed by atoms with Gasteiger partial charge in [-0.05, 0) is 0 Å². The topological polar surface area (TPSA) is 29.5 Å². The first kappa shape index (κ1) is 17.6. The van der Waals surface area contributed by atoms with Crippen molar-refractivity contribution in [2.75, 3.05) is 19.0 Å². The first-order chi connectivity index (χ1) is 10.7. The van der Waals surface area contributed by atoms with E-state index >= 15 is 0 Å². The van der Waals surface area contributed by atoms with Gasteiger partial charge in [0.25, 0.3) is 0 Å². The Kier molecular flexibility index (Phi) is 5.50. The van der Waals surface area contributed by atoms with E-state index in [1.54, 1.807) is 0 Å². The SMILES string of the molecule is CN(C)c1ccc([Se]c2ccc(C(=O)OC(C)(C)C)cc2)cc1. The molecule has 0 heterocycles. The third-order valence-corrected chi connectivity index (χ3v) is 5.21. The minimum atomic E-state index is -0.464. The fourth-order valence-corrected chi connectivity index (χ4v) is 3.66. The van der Waals surface area contributed by atoms with Gasteiger partial charge in [-0.3, -0.25) is 0 Å². The molecule has 0 N–H and O–H groups in total. The summed E-state index contributed by atoms with van der Waals surface area (Å²) in [5.41, 5.74) is 1.33. The molecule has 0 spiro atoms. The van der Waals surface area contributed by atoms with Crippen molar-refractivity contribution in [3.63, 3.8) is 0 Å². The molecular formula is C19H23NO2Se. The van der Waals surface area contributed by atoms with Crippen molar-refractivity contribution < 1.29 is 9.53 Å². The summed E-state index contributed by atoms with van der Waals surface area (Å²) in [6.07, 6.45) is 0. The van der Waals surface area contributed by atoms with E-state index in [1.165, 1.54) is 14.6 Å². The van der Waals surface area contributed by atoms with Crippen molar-refractivity contribution in [2.45, 2.75) is 26.4 Å². The predicted molar refractivity (Wildman–Crippen MR) is 97.4 cm³/mol. The quantitative estimate of drug-likeness (QED) is 0.606. The number of benzene rings is 2. The number of carbonyl (C=O) groups excluding carboxylic acids is 1. The molecule has 0 saturated heterocycles. The van der Waals surface area contributed by atoms with E-state index in [0.717, 1.165) is 0 Å². The summed E-state index contributed by atoms with van der Waals surface area (Å²) in [6, 6.07) is 16.3. The maximum absolute atomic E-state index is 12.0. The number of hydrogen-bond acceptors (Lipinski definition) is 3. The Labute approximate surface area is 144 Å². The Morgan fingerprint density at radius 1 is 0.913 bits per heavy atom. The molecule has 0 aliphatic carbocycles. The summed E-state index contributed by atoms with van der Waals surface area (Å²) in [7, 11) is 4.07. The van der Waals surface area contributed by atoms with E-state index in [0.29, 0.717) is 5.56 Å². The van der Waals surface area contributed by atoms with Crippen molar-refractivity contribution in [2.24, 2.45) is 0 Å². The summed E-state index contributed by atoms with van der Waals surface area (Å²) in [5.74, 6) is -0.271. The van der Waals surface area contributed by atoms with Gasteiger partial charge >= 0.3 is 145 Å². The molecule has 0 aromatic heterocycles. The second-order valence-corrected chi connectivity index (χ2v) is 8.92. The zero-order valence-electron chi connectivity index (χ0n) is 14.3. The van der Waals surface area contributed by atoms with Gasteiger partial charge in [-0.25, -0.2) is 0 Å². The van der Waals surface area contributed by atoms with Gasteiger partial charge in [0.2, 0.25) is 0 Å². The van der Waals surface area contributed by atoms with Crippen molar-refractivity contribution >= 4 is 35.5 Å². The monoisotopic (exact) mass is 377 g/mol. The zero-order valence-corrected chi connectivity index (χ0v) is 16.0. The van der Waals surface area contributed by atoms with Crippen LogP contribution in [-0.2, 0) is 4.74 Å². The van der Waals surface area contributed by atoms with Crippen LogP contribution in [0.25, 0.3) is 0 Å². The summed E-state index contributed by atoms with van der Waals surface area (Å²) >= 11 is 0.233. The van der Waals surface area contributed by atoms with E-state index in [1.807, 2.05) is 59.1 Å². The molecule has 0 saturated carbocycles. The van der Waals surface area contributed by atoms with Gasteiger partial charge in [-0.1, -0.05) is 0 Å². The Balaban J connectivity index is 2.03. The number of esters is 1. The first-order valence-corrected chi connectivity index (χ1v) is 9.24. The molecule has 23 heavy (non-hydrogen) atoms. The molecule has 2 aromatic carbocycles. The molecule has 0 atom stereocenters. The Bertz CT molecular complexity index is 655. The Morgan fingerprint density at radius 3 is 1.83 bits per heavy atom. The molecule has 0 bridgehead atoms. The maximum atomic E-state index is 12.0. The molecule has 0 unspecified atom stereocenters. The molecule has 0 amide bonds. The van der Waals surface area contributed by atoms with E-state index in [-0.39, 0.29) is 20.9 Å². The number of rotatable bonds is 4. The van der Waals surface area contributed by atoms with Crippen molar-refractivity contribution in [3.8, 4) is 0 Å². The van der Waals surface area contributed by atoms with Crippen LogP contribution in [0.4, 0.5) is 5.69 Å². The number of nitrogens with zero attached hydrogens (tertiary/aromatic N) is 1. The molecule has 2 rings (SSSR count). The van der Waals surface area contributed by atoms with Gasteiger partial charge in [-0.2, -0.15) is 0 Å². The molecule has 4 heteroatoms. The van der Waals surface area contributed by atoms with Crippen LogP contribution < -0.4 is 13.8 Å². The summed E-state index contributed by atoms with van der Waals surface area (Å²) in [5, 5.41) is 0. The number of carbonyl (C=O) groups is 1.